The Labute approximate surface area is 109 Å². The number of ether oxygens (including phenoxy) is 1. The summed E-state index contributed by atoms with van der Waals surface area (Å²) in [6.07, 6.45) is 2.31. The first-order valence-electron chi connectivity index (χ1n) is 6.27. The maximum atomic E-state index is 6.25. The van der Waals surface area contributed by atoms with Crippen LogP contribution in [0.15, 0.2) is 24.3 Å². The number of benzene rings is 1. The van der Waals surface area contributed by atoms with E-state index in [0.717, 1.165) is 30.0 Å². The normalized spacial score (nSPS) is 14.6. The molecule has 2 atom stereocenters. The van der Waals surface area contributed by atoms with E-state index < -0.39 is 0 Å². The fraction of sp³-hybridized carbons (Fsp3) is 0.571. The van der Waals surface area contributed by atoms with Gasteiger partial charge in [-0.15, -0.1) is 0 Å². The fourth-order valence-electron chi connectivity index (χ4n) is 2.11. The van der Waals surface area contributed by atoms with Crippen molar-refractivity contribution in [1.82, 2.24) is 5.32 Å². The molecule has 1 aromatic carbocycles. The zero-order valence-corrected chi connectivity index (χ0v) is 11.6. The van der Waals surface area contributed by atoms with Gasteiger partial charge in [-0.05, 0) is 32.0 Å². The van der Waals surface area contributed by atoms with Gasteiger partial charge >= 0.3 is 0 Å². The molecule has 2 nitrogen and oxygen atoms in total. The van der Waals surface area contributed by atoms with E-state index in [4.69, 9.17) is 16.3 Å². The van der Waals surface area contributed by atoms with Crippen LogP contribution in [-0.4, -0.2) is 19.8 Å². The molecule has 0 aromatic heterocycles. The van der Waals surface area contributed by atoms with E-state index in [1.807, 2.05) is 32.2 Å². The lowest BCUT2D eigenvalue weighted by atomic mass is 9.98. The second kappa shape index (κ2) is 7.70. The Kier molecular flexibility index (Phi) is 6.56. The highest BCUT2D eigenvalue weighted by Crippen LogP contribution is 2.28. The molecule has 1 N–H and O–H groups in total. The molecular formula is C14H22ClNO. The molecule has 2 unspecified atom stereocenters. The van der Waals surface area contributed by atoms with Gasteiger partial charge in [-0.2, -0.15) is 0 Å². The van der Waals surface area contributed by atoms with Crippen molar-refractivity contribution in [3.8, 4) is 0 Å². The molecule has 0 radical (unpaired) electrons. The molecule has 0 fully saturated rings. The predicted octanol–water partition coefficient (Wildman–Crippen LogP) is 3.81. The van der Waals surface area contributed by atoms with Crippen LogP contribution >= 0.6 is 11.6 Å². The van der Waals surface area contributed by atoms with E-state index in [1.54, 1.807) is 0 Å². The van der Waals surface area contributed by atoms with E-state index in [2.05, 4.69) is 18.3 Å². The van der Waals surface area contributed by atoms with Gasteiger partial charge in [-0.1, -0.05) is 43.1 Å². The van der Waals surface area contributed by atoms with Gasteiger partial charge in [0.05, 0.1) is 12.1 Å². The molecule has 0 spiro atoms. The van der Waals surface area contributed by atoms with Crippen molar-refractivity contribution in [3.05, 3.63) is 34.9 Å². The van der Waals surface area contributed by atoms with Crippen molar-refractivity contribution < 1.29 is 4.74 Å². The van der Waals surface area contributed by atoms with E-state index in [0.29, 0.717) is 0 Å². The molecule has 0 amide bonds. The summed E-state index contributed by atoms with van der Waals surface area (Å²) in [5.41, 5.74) is 1.11. The smallest absolute Gasteiger partial charge is 0.0769 e. The average molecular weight is 256 g/mol. The minimum Gasteiger partial charge on any atom is -0.377 e. The molecule has 96 valence electrons. The summed E-state index contributed by atoms with van der Waals surface area (Å²) in [5.74, 6) is 0. The summed E-state index contributed by atoms with van der Waals surface area (Å²) in [5, 5.41) is 4.12. The topological polar surface area (TPSA) is 21.3 Å². The van der Waals surface area contributed by atoms with Gasteiger partial charge in [-0.25, -0.2) is 0 Å². The van der Waals surface area contributed by atoms with Gasteiger partial charge in [0.1, 0.15) is 0 Å². The highest BCUT2D eigenvalue weighted by atomic mass is 35.5. The fourth-order valence-corrected chi connectivity index (χ4v) is 2.37. The molecule has 0 aliphatic heterocycles. The zero-order chi connectivity index (χ0) is 12.7. The van der Waals surface area contributed by atoms with Gasteiger partial charge in [0, 0.05) is 11.6 Å². The third-order valence-electron chi connectivity index (χ3n) is 2.88. The van der Waals surface area contributed by atoms with Crippen LogP contribution < -0.4 is 5.32 Å². The summed E-state index contributed by atoms with van der Waals surface area (Å²) < 4.78 is 5.82. The second-order valence-electron chi connectivity index (χ2n) is 4.07. The summed E-state index contributed by atoms with van der Waals surface area (Å²) in [6.45, 7) is 4.93. The van der Waals surface area contributed by atoms with Crippen LogP contribution in [0.4, 0.5) is 0 Å². The predicted molar refractivity (Wildman–Crippen MR) is 73.6 cm³/mol. The van der Waals surface area contributed by atoms with Crippen molar-refractivity contribution in [1.29, 1.82) is 0 Å². The Morgan fingerprint density at radius 3 is 2.53 bits per heavy atom. The molecule has 3 heteroatoms. The first kappa shape index (κ1) is 14.5. The third-order valence-corrected chi connectivity index (χ3v) is 3.22. The van der Waals surface area contributed by atoms with Crippen LogP contribution in [0.25, 0.3) is 0 Å². The van der Waals surface area contributed by atoms with Crippen LogP contribution in [0.3, 0.4) is 0 Å². The first-order chi connectivity index (χ1) is 8.24. The first-order valence-corrected chi connectivity index (χ1v) is 6.65. The molecular weight excluding hydrogens is 234 g/mol. The number of hydrogen-bond donors (Lipinski definition) is 1. The number of rotatable bonds is 7. The van der Waals surface area contributed by atoms with Gasteiger partial charge in [0.15, 0.2) is 0 Å². The molecule has 0 saturated carbocycles. The number of halogens is 1. The molecule has 0 aliphatic carbocycles. The standard InChI is InChI=1S/C14H22ClNO/c1-4-8-13(17-5-2)14(16-3)11-9-6-7-10-12(11)15/h6-7,9-10,13-14,16H,4-5,8H2,1-3H3. The average Bonchev–Trinajstić information content (AvgIpc) is 2.33. The SMILES string of the molecule is CCCC(OCC)C(NC)c1ccccc1Cl. The molecule has 1 rings (SSSR count). The summed E-state index contributed by atoms with van der Waals surface area (Å²) in [6, 6.07) is 8.11. The maximum absolute atomic E-state index is 6.25. The monoisotopic (exact) mass is 255 g/mol. The molecule has 0 aliphatic rings. The summed E-state index contributed by atoms with van der Waals surface area (Å²) >= 11 is 6.25. The maximum Gasteiger partial charge on any atom is 0.0769 e. The van der Waals surface area contributed by atoms with Gasteiger partial charge in [-0.3, -0.25) is 0 Å². The van der Waals surface area contributed by atoms with Crippen LogP contribution in [0.2, 0.25) is 5.02 Å². The quantitative estimate of drug-likeness (QED) is 0.800. The van der Waals surface area contributed by atoms with Crippen LogP contribution in [-0.2, 0) is 4.74 Å². The Balaban J connectivity index is 2.91. The second-order valence-corrected chi connectivity index (χ2v) is 4.48. The molecule has 0 saturated heterocycles. The number of hydrogen-bond acceptors (Lipinski definition) is 2. The lowest BCUT2D eigenvalue weighted by molar-refractivity contribution is 0.0296. The van der Waals surface area contributed by atoms with Crippen molar-refractivity contribution >= 4 is 11.6 Å². The van der Waals surface area contributed by atoms with Crippen LogP contribution in [0, 0.1) is 0 Å². The Hall–Kier alpha value is -0.570. The third kappa shape index (κ3) is 3.98. The van der Waals surface area contributed by atoms with Crippen LogP contribution in [0.1, 0.15) is 38.3 Å². The minimum atomic E-state index is 0.156. The van der Waals surface area contributed by atoms with Gasteiger partial charge in [0.2, 0.25) is 0 Å². The van der Waals surface area contributed by atoms with Crippen molar-refractivity contribution in [2.75, 3.05) is 13.7 Å². The lowest BCUT2D eigenvalue weighted by Gasteiger charge is -2.27. The van der Waals surface area contributed by atoms with Crippen molar-refractivity contribution in [2.24, 2.45) is 0 Å². The number of nitrogens with one attached hydrogen (secondary N) is 1. The van der Waals surface area contributed by atoms with E-state index in [1.165, 1.54) is 0 Å². The Morgan fingerprint density at radius 2 is 2.00 bits per heavy atom. The van der Waals surface area contributed by atoms with Gasteiger partial charge in [0.25, 0.3) is 0 Å². The van der Waals surface area contributed by atoms with E-state index in [9.17, 15) is 0 Å². The minimum absolute atomic E-state index is 0.156. The highest BCUT2D eigenvalue weighted by Gasteiger charge is 2.23. The lowest BCUT2D eigenvalue weighted by Crippen LogP contribution is -2.32. The van der Waals surface area contributed by atoms with Crippen molar-refractivity contribution in [3.63, 3.8) is 0 Å². The summed E-state index contributed by atoms with van der Waals surface area (Å²) in [7, 11) is 1.95. The Morgan fingerprint density at radius 1 is 1.29 bits per heavy atom. The summed E-state index contributed by atoms with van der Waals surface area (Å²) in [4.78, 5) is 0. The molecule has 0 bridgehead atoms. The van der Waals surface area contributed by atoms with E-state index >= 15 is 0 Å². The molecule has 0 heterocycles. The molecule has 1 aromatic rings. The van der Waals surface area contributed by atoms with Crippen LogP contribution in [0.5, 0.6) is 0 Å². The van der Waals surface area contributed by atoms with E-state index in [-0.39, 0.29) is 12.1 Å². The Bertz CT molecular complexity index is 324. The van der Waals surface area contributed by atoms with Crippen molar-refractivity contribution in [2.45, 2.75) is 38.8 Å². The largest absolute Gasteiger partial charge is 0.377 e. The molecule has 17 heavy (non-hydrogen) atoms. The number of likely N-dealkylation sites (N-methyl/N-ethyl adjacent to an activating group) is 1. The van der Waals surface area contributed by atoms with Gasteiger partial charge < -0.3 is 10.1 Å². The zero-order valence-electron chi connectivity index (χ0n) is 10.9. The highest BCUT2D eigenvalue weighted by molar-refractivity contribution is 6.31.